The van der Waals surface area contributed by atoms with E-state index in [4.69, 9.17) is 16.3 Å². The average molecular weight is 490 g/mol. The first-order valence-corrected chi connectivity index (χ1v) is 10.8. The number of anilines is 1. The zero-order chi connectivity index (χ0) is 23.6. The Bertz CT molecular complexity index is 1120. The number of halogens is 3. The summed E-state index contributed by atoms with van der Waals surface area (Å²) in [6.07, 6.45) is 2.57. The SMILES string of the molecule is O=C(COC(=O)C=Cc1ccc(OC(F)F)cc1)Nc1ccccc1Sc1ccc(Cl)cc1. The molecular weight excluding hydrogens is 472 g/mol. The first-order chi connectivity index (χ1) is 15.9. The van der Waals surface area contributed by atoms with Crippen molar-refractivity contribution >= 4 is 47.0 Å². The fraction of sp³-hybridized carbons (Fsp3) is 0.0833. The number of rotatable bonds is 9. The van der Waals surface area contributed by atoms with E-state index < -0.39 is 25.1 Å². The summed E-state index contributed by atoms with van der Waals surface area (Å²) < 4.78 is 33.5. The van der Waals surface area contributed by atoms with Crippen molar-refractivity contribution in [2.75, 3.05) is 11.9 Å². The van der Waals surface area contributed by atoms with E-state index in [0.29, 0.717) is 16.3 Å². The zero-order valence-electron chi connectivity index (χ0n) is 17.0. The van der Waals surface area contributed by atoms with Gasteiger partial charge in [-0.1, -0.05) is 47.6 Å². The van der Waals surface area contributed by atoms with Crippen LogP contribution in [0.4, 0.5) is 14.5 Å². The van der Waals surface area contributed by atoms with E-state index in [1.165, 1.54) is 42.1 Å². The van der Waals surface area contributed by atoms with Crippen molar-refractivity contribution in [1.82, 2.24) is 0 Å². The molecule has 0 aromatic heterocycles. The topological polar surface area (TPSA) is 64.6 Å². The lowest BCUT2D eigenvalue weighted by atomic mass is 10.2. The van der Waals surface area contributed by atoms with Gasteiger partial charge in [-0.05, 0) is 60.2 Å². The highest BCUT2D eigenvalue weighted by Crippen LogP contribution is 2.33. The molecule has 0 aliphatic heterocycles. The van der Waals surface area contributed by atoms with Gasteiger partial charge in [-0.25, -0.2) is 4.79 Å². The van der Waals surface area contributed by atoms with Crippen LogP contribution in [0.25, 0.3) is 6.08 Å². The molecule has 5 nitrogen and oxygen atoms in total. The lowest BCUT2D eigenvalue weighted by molar-refractivity contribution is -0.142. The Hall–Kier alpha value is -3.36. The van der Waals surface area contributed by atoms with E-state index in [9.17, 15) is 18.4 Å². The van der Waals surface area contributed by atoms with Crippen LogP contribution in [0.1, 0.15) is 5.56 Å². The van der Waals surface area contributed by atoms with Crippen LogP contribution >= 0.6 is 23.4 Å². The number of benzene rings is 3. The Labute approximate surface area is 198 Å². The molecule has 9 heteroatoms. The fourth-order valence-corrected chi connectivity index (χ4v) is 3.61. The van der Waals surface area contributed by atoms with Gasteiger partial charge in [-0.3, -0.25) is 4.79 Å². The largest absolute Gasteiger partial charge is 0.452 e. The van der Waals surface area contributed by atoms with Gasteiger partial charge in [0.15, 0.2) is 6.61 Å². The normalized spacial score (nSPS) is 10.9. The number of esters is 1. The molecule has 3 aromatic carbocycles. The first kappa shape index (κ1) is 24.3. The molecule has 3 rings (SSSR count). The minimum atomic E-state index is -2.91. The molecular formula is C24H18ClF2NO4S. The molecule has 33 heavy (non-hydrogen) atoms. The third kappa shape index (κ3) is 8.25. The van der Waals surface area contributed by atoms with Crippen molar-refractivity contribution in [3.63, 3.8) is 0 Å². The van der Waals surface area contributed by atoms with Gasteiger partial charge in [0.1, 0.15) is 5.75 Å². The molecule has 1 amide bonds. The summed E-state index contributed by atoms with van der Waals surface area (Å²) in [4.78, 5) is 25.9. The minimum Gasteiger partial charge on any atom is -0.452 e. The number of nitrogens with one attached hydrogen (secondary N) is 1. The van der Waals surface area contributed by atoms with E-state index in [2.05, 4.69) is 10.1 Å². The predicted molar refractivity (Wildman–Crippen MR) is 124 cm³/mol. The highest BCUT2D eigenvalue weighted by atomic mass is 35.5. The number of alkyl halides is 2. The third-order valence-electron chi connectivity index (χ3n) is 4.07. The molecule has 0 unspecified atom stereocenters. The number of carbonyl (C=O) groups excluding carboxylic acids is 2. The zero-order valence-corrected chi connectivity index (χ0v) is 18.6. The summed E-state index contributed by atoms with van der Waals surface area (Å²) >= 11 is 7.37. The number of amides is 1. The van der Waals surface area contributed by atoms with E-state index in [-0.39, 0.29) is 5.75 Å². The summed E-state index contributed by atoms with van der Waals surface area (Å²) in [7, 11) is 0. The van der Waals surface area contributed by atoms with Crippen LogP contribution in [-0.4, -0.2) is 25.1 Å². The maximum atomic E-state index is 12.3. The van der Waals surface area contributed by atoms with Crippen LogP contribution in [0.2, 0.25) is 5.02 Å². The van der Waals surface area contributed by atoms with Crippen LogP contribution in [-0.2, 0) is 14.3 Å². The summed E-state index contributed by atoms with van der Waals surface area (Å²) in [6, 6.07) is 20.3. The maximum Gasteiger partial charge on any atom is 0.387 e. The third-order valence-corrected chi connectivity index (χ3v) is 5.40. The van der Waals surface area contributed by atoms with Crippen molar-refractivity contribution in [2.45, 2.75) is 16.4 Å². The summed E-state index contributed by atoms with van der Waals surface area (Å²) in [5, 5.41) is 3.36. The van der Waals surface area contributed by atoms with Crippen molar-refractivity contribution in [1.29, 1.82) is 0 Å². The fourth-order valence-electron chi connectivity index (χ4n) is 2.58. The number of hydrogen-bond donors (Lipinski definition) is 1. The van der Waals surface area contributed by atoms with E-state index in [0.717, 1.165) is 15.9 Å². The van der Waals surface area contributed by atoms with Crippen LogP contribution in [0, 0.1) is 0 Å². The van der Waals surface area contributed by atoms with Gasteiger partial charge < -0.3 is 14.8 Å². The summed E-state index contributed by atoms with van der Waals surface area (Å²) in [6.45, 7) is -3.37. The van der Waals surface area contributed by atoms with Gasteiger partial charge >= 0.3 is 12.6 Å². The number of para-hydroxylation sites is 1. The lowest BCUT2D eigenvalue weighted by Crippen LogP contribution is -2.20. The standard InChI is InChI=1S/C24H18ClF2NO4S/c25-17-8-12-19(13-9-17)33-21-4-2-1-3-20(21)28-22(29)15-31-23(30)14-7-16-5-10-18(11-6-16)32-24(26)27/h1-14,24H,15H2,(H,28,29). The smallest absolute Gasteiger partial charge is 0.387 e. The van der Waals surface area contributed by atoms with Gasteiger partial charge in [0.2, 0.25) is 0 Å². The van der Waals surface area contributed by atoms with Gasteiger partial charge in [-0.2, -0.15) is 8.78 Å². The Kier molecular flexibility index (Phi) is 8.86. The second kappa shape index (κ2) is 12.0. The molecule has 0 bridgehead atoms. The van der Waals surface area contributed by atoms with Crippen molar-refractivity contribution in [3.05, 3.63) is 89.5 Å². The molecule has 0 aliphatic rings. The molecule has 3 aromatic rings. The van der Waals surface area contributed by atoms with Crippen LogP contribution in [0.3, 0.4) is 0 Å². The summed E-state index contributed by atoms with van der Waals surface area (Å²) in [5.74, 6) is -1.20. The van der Waals surface area contributed by atoms with Crippen molar-refractivity contribution in [2.24, 2.45) is 0 Å². The molecule has 1 N–H and O–H groups in total. The van der Waals surface area contributed by atoms with Crippen LogP contribution < -0.4 is 10.1 Å². The second-order valence-corrected chi connectivity index (χ2v) is 8.04. The average Bonchev–Trinajstić information content (AvgIpc) is 2.79. The molecule has 0 radical (unpaired) electrons. The molecule has 0 fully saturated rings. The highest BCUT2D eigenvalue weighted by molar-refractivity contribution is 7.99. The van der Waals surface area contributed by atoms with E-state index in [1.807, 2.05) is 24.3 Å². The van der Waals surface area contributed by atoms with Crippen molar-refractivity contribution in [3.8, 4) is 5.75 Å². The Balaban J connectivity index is 1.50. The molecule has 0 aliphatic carbocycles. The number of hydrogen-bond acceptors (Lipinski definition) is 5. The molecule has 170 valence electrons. The molecule has 0 saturated carbocycles. The predicted octanol–water partition coefficient (Wildman–Crippen LogP) is 6.29. The quantitative estimate of drug-likeness (QED) is 0.283. The second-order valence-electron chi connectivity index (χ2n) is 6.49. The van der Waals surface area contributed by atoms with E-state index in [1.54, 1.807) is 24.3 Å². The number of carbonyl (C=O) groups is 2. The monoisotopic (exact) mass is 489 g/mol. The molecule has 0 heterocycles. The number of ether oxygens (including phenoxy) is 2. The Morgan fingerprint density at radius 1 is 1.00 bits per heavy atom. The maximum absolute atomic E-state index is 12.3. The lowest BCUT2D eigenvalue weighted by Gasteiger charge is -2.11. The minimum absolute atomic E-state index is 0.0101. The van der Waals surface area contributed by atoms with Gasteiger partial charge in [0.05, 0.1) is 5.69 Å². The van der Waals surface area contributed by atoms with E-state index >= 15 is 0 Å². The van der Waals surface area contributed by atoms with Crippen LogP contribution in [0.5, 0.6) is 5.75 Å². The summed E-state index contributed by atoms with van der Waals surface area (Å²) in [5.41, 5.74) is 1.16. The van der Waals surface area contributed by atoms with Gasteiger partial charge in [0, 0.05) is 20.9 Å². The van der Waals surface area contributed by atoms with Gasteiger partial charge in [-0.15, -0.1) is 0 Å². The van der Waals surface area contributed by atoms with Gasteiger partial charge in [0.25, 0.3) is 5.91 Å². The first-order valence-electron chi connectivity index (χ1n) is 9.61. The van der Waals surface area contributed by atoms with Crippen molar-refractivity contribution < 1.29 is 27.8 Å². The van der Waals surface area contributed by atoms with Crippen LogP contribution in [0.15, 0.2) is 88.7 Å². The Morgan fingerprint density at radius 2 is 1.70 bits per heavy atom. The molecule has 0 saturated heterocycles. The highest BCUT2D eigenvalue weighted by Gasteiger charge is 2.10. The molecule has 0 atom stereocenters. The molecule has 0 spiro atoms. The Morgan fingerprint density at radius 3 is 2.39 bits per heavy atom.